The van der Waals surface area contributed by atoms with Crippen molar-refractivity contribution in [1.29, 1.82) is 0 Å². The quantitative estimate of drug-likeness (QED) is 0.503. The van der Waals surface area contributed by atoms with Gasteiger partial charge in [-0.25, -0.2) is 4.79 Å². The van der Waals surface area contributed by atoms with Gasteiger partial charge >= 0.3 is 6.03 Å². The number of urea groups is 1. The van der Waals surface area contributed by atoms with Crippen molar-refractivity contribution in [3.63, 3.8) is 0 Å². The first-order valence-electron chi connectivity index (χ1n) is 6.07. The Balaban J connectivity index is 2.17. The third kappa shape index (κ3) is 4.66. The van der Waals surface area contributed by atoms with Crippen LogP contribution in [0.3, 0.4) is 0 Å². The molecule has 0 heterocycles. The van der Waals surface area contributed by atoms with E-state index in [-0.39, 0.29) is 18.2 Å². The second-order valence-corrected chi connectivity index (χ2v) is 4.22. The second kappa shape index (κ2) is 7.28. The lowest BCUT2D eigenvalue weighted by atomic mass is 9.93. The highest BCUT2D eigenvalue weighted by Gasteiger charge is 2.23. The van der Waals surface area contributed by atoms with Gasteiger partial charge < -0.3 is 15.7 Å². The molecule has 16 heavy (non-hydrogen) atoms. The fourth-order valence-electron chi connectivity index (χ4n) is 1.93. The standard InChI is InChI=1S/C12H22N2O2/c1-2-3-6-9-13-12(16)14-10-7-4-5-8-11(10)15/h2-3,10-11,15H,4-9H2,1H3,(H2,13,14,16). The van der Waals surface area contributed by atoms with Crippen LogP contribution in [-0.4, -0.2) is 29.8 Å². The highest BCUT2D eigenvalue weighted by molar-refractivity contribution is 5.74. The average molecular weight is 226 g/mol. The van der Waals surface area contributed by atoms with Gasteiger partial charge in [0.25, 0.3) is 0 Å². The number of nitrogens with one attached hydrogen (secondary N) is 2. The maximum Gasteiger partial charge on any atom is 0.315 e. The lowest BCUT2D eigenvalue weighted by molar-refractivity contribution is 0.0943. The van der Waals surface area contributed by atoms with Crippen molar-refractivity contribution >= 4 is 6.03 Å². The van der Waals surface area contributed by atoms with Gasteiger partial charge in [0.05, 0.1) is 12.1 Å². The summed E-state index contributed by atoms with van der Waals surface area (Å²) in [6.45, 7) is 2.59. The van der Waals surface area contributed by atoms with E-state index in [1.807, 2.05) is 19.1 Å². The predicted molar refractivity (Wildman–Crippen MR) is 64.2 cm³/mol. The minimum atomic E-state index is -0.380. The molecule has 0 aromatic rings. The van der Waals surface area contributed by atoms with E-state index in [2.05, 4.69) is 10.6 Å². The molecule has 1 fully saturated rings. The Morgan fingerprint density at radius 2 is 2.19 bits per heavy atom. The normalized spacial score (nSPS) is 25.6. The van der Waals surface area contributed by atoms with Crippen LogP contribution in [0.5, 0.6) is 0 Å². The van der Waals surface area contributed by atoms with E-state index in [0.717, 1.165) is 32.1 Å². The number of allylic oxidation sites excluding steroid dienone is 1. The molecule has 2 amide bonds. The largest absolute Gasteiger partial charge is 0.391 e. The summed E-state index contributed by atoms with van der Waals surface area (Å²) in [6.07, 6.45) is 8.25. The number of aliphatic hydroxyl groups excluding tert-OH is 1. The van der Waals surface area contributed by atoms with Crippen molar-refractivity contribution in [1.82, 2.24) is 10.6 Å². The minimum Gasteiger partial charge on any atom is -0.391 e. The zero-order chi connectivity index (χ0) is 11.8. The van der Waals surface area contributed by atoms with Crippen LogP contribution in [0.25, 0.3) is 0 Å². The number of amides is 2. The van der Waals surface area contributed by atoms with E-state index < -0.39 is 0 Å². The van der Waals surface area contributed by atoms with Crippen molar-refractivity contribution in [2.75, 3.05) is 6.54 Å². The molecule has 3 N–H and O–H groups in total. The van der Waals surface area contributed by atoms with Gasteiger partial charge in [0, 0.05) is 6.54 Å². The van der Waals surface area contributed by atoms with Crippen LogP contribution in [0.4, 0.5) is 4.79 Å². The zero-order valence-corrected chi connectivity index (χ0v) is 9.91. The molecule has 1 aliphatic carbocycles. The summed E-state index contributed by atoms with van der Waals surface area (Å²) in [7, 11) is 0. The number of hydrogen-bond donors (Lipinski definition) is 3. The molecular weight excluding hydrogens is 204 g/mol. The number of aliphatic hydroxyl groups is 1. The first-order chi connectivity index (χ1) is 7.74. The summed E-state index contributed by atoms with van der Waals surface area (Å²) in [6, 6.07) is -0.245. The summed E-state index contributed by atoms with van der Waals surface area (Å²) in [5.41, 5.74) is 0. The molecule has 4 nitrogen and oxygen atoms in total. The Morgan fingerprint density at radius 1 is 1.44 bits per heavy atom. The van der Waals surface area contributed by atoms with E-state index in [9.17, 15) is 9.90 Å². The summed E-state index contributed by atoms with van der Waals surface area (Å²) >= 11 is 0. The van der Waals surface area contributed by atoms with Gasteiger partial charge in [-0.05, 0) is 26.2 Å². The van der Waals surface area contributed by atoms with Crippen molar-refractivity contribution in [3.8, 4) is 0 Å². The van der Waals surface area contributed by atoms with Gasteiger partial charge in [0.1, 0.15) is 0 Å². The minimum absolute atomic E-state index is 0.0736. The summed E-state index contributed by atoms with van der Waals surface area (Å²) in [5.74, 6) is 0. The molecule has 1 saturated carbocycles. The van der Waals surface area contributed by atoms with Gasteiger partial charge in [-0.1, -0.05) is 25.0 Å². The van der Waals surface area contributed by atoms with Gasteiger partial charge in [-0.2, -0.15) is 0 Å². The lowest BCUT2D eigenvalue weighted by Crippen LogP contribution is -2.49. The maximum absolute atomic E-state index is 11.5. The van der Waals surface area contributed by atoms with Crippen LogP contribution in [0.2, 0.25) is 0 Å². The second-order valence-electron chi connectivity index (χ2n) is 4.22. The molecule has 0 aromatic carbocycles. The molecule has 1 aliphatic rings. The Hall–Kier alpha value is -1.03. The molecule has 1 rings (SSSR count). The van der Waals surface area contributed by atoms with Crippen molar-refractivity contribution in [3.05, 3.63) is 12.2 Å². The van der Waals surface area contributed by atoms with E-state index in [0.29, 0.717) is 6.54 Å². The van der Waals surface area contributed by atoms with Crippen LogP contribution < -0.4 is 10.6 Å². The molecule has 0 bridgehead atoms. The Labute approximate surface area is 97.1 Å². The summed E-state index contributed by atoms with van der Waals surface area (Å²) in [4.78, 5) is 11.5. The fraction of sp³-hybridized carbons (Fsp3) is 0.750. The molecule has 4 heteroatoms. The molecule has 92 valence electrons. The molecule has 0 radical (unpaired) electrons. The molecule has 0 saturated heterocycles. The first-order valence-corrected chi connectivity index (χ1v) is 6.07. The van der Waals surface area contributed by atoms with Crippen LogP contribution in [0.1, 0.15) is 39.0 Å². The number of carbonyl (C=O) groups is 1. The van der Waals surface area contributed by atoms with Gasteiger partial charge in [0.15, 0.2) is 0 Å². The summed E-state index contributed by atoms with van der Waals surface area (Å²) in [5, 5.41) is 15.3. The lowest BCUT2D eigenvalue weighted by Gasteiger charge is -2.28. The SMILES string of the molecule is CC=CCCNC(=O)NC1CCCCC1O. The Kier molecular flexibility index (Phi) is 5.93. The molecule has 2 unspecified atom stereocenters. The highest BCUT2D eigenvalue weighted by atomic mass is 16.3. The monoisotopic (exact) mass is 226 g/mol. The van der Waals surface area contributed by atoms with E-state index in [4.69, 9.17) is 0 Å². The van der Waals surface area contributed by atoms with Crippen LogP contribution in [-0.2, 0) is 0 Å². The van der Waals surface area contributed by atoms with Crippen LogP contribution in [0, 0.1) is 0 Å². The highest BCUT2D eigenvalue weighted by Crippen LogP contribution is 2.17. The van der Waals surface area contributed by atoms with Crippen LogP contribution >= 0.6 is 0 Å². The van der Waals surface area contributed by atoms with Crippen LogP contribution in [0.15, 0.2) is 12.2 Å². The van der Waals surface area contributed by atoms with Gasteiger partial charge in [0.2, 0.25) is 0 Å². The molecule has 0 spiro atoms. The van der Waals surface area contributed by atoms with Crippen molar-refractivity contribution < 1.29 is 9.90 Å². The number of hydrogen-bond acceptors (Lipinski definition) is 2. The van der Waals surface area contributed by atoms with Crippen molar-refractivity contribution in [2.45, 2.75) is 51.2 Å². The molecule has 0 aliphatic heterocycles. The fourth-order valence-corrected chi connectivity index (χ4v) is 1.93. The predicted octanol–water partition coefficient (Wildman–Crippen LogP) is 1.56. The smallest absolute Gasteiger partial charge is 0.315 e. The molecule has 0 aromatic heterocycles. The topological polar surface area (TPSA) is 61.4 Å². The van der Waals surface area contributed by atoms with E-state index in [1.54, 1.807) is 0 Å². The Bertz CT molecular complexity index is 241. The first kappa shape index (κ1) is 13.0. The van der Waals surface area contributed by atoms with Crippen molar-refractivity contribution in [2.24, 2.45) is 0 Å². The van der Waals surface area contributed by atoms with E-state index in [1.165, 1.54) is 0 Å². The maximum atomic E-state index is 11.5. The average Bonchev–Trinajstić information content (AvgIpc) is 2.28. The molecular formula is C12H22N2O2. The molecule has 2 atom stereocenters. The third-order valence-corrected chi connectivity index (χ3v) is 2.88. The number of carbonyl (C=O) groups excluding carboxylic acids is 1. The van der Waals surface area contributed by atoms with Gasteiger partial charge in [-0.3, -0.25) is 0 Å². The summed E-state index contributed by atoms with van der Waals surface area (Å²) < 4.78 is 0. The third-order valence-electron chi connectivity index (χ3n) is 2.88. The number of rotatable bonds is 4. The van der Waals surface area contributed by atoms with E-state index >= 15 is 0 Å². The zero-order valence-electron chi connectivity index (χ0n) is 9.91. The Morgan fingerprint density at radius 3 is 2.88 bits per heavy atom. The van der Waals surface area contributed by atoms with Gasteiger partial charge in [-0.15, -0.1) is 0 Å².